The van der Waals surface area contributed by atoms with Crippen molar-refractivity contribution in [3.8, 4) is 17.1 Å². The summed E-state index contributed by atoms with van der Waals surface area (Å²) in [4.78, 5) is 22.6. The predicted octanol–water partition coefficient (Wildman–Crippen LogP) is 4.31. The molecule has 0 spiro atoms. The summed E-state index contributed by atoms with van der Waals surface area (Å²) in [5.74, 6) is 0.898. The summed E-state index contributed by atoms with van der Waals surface area (Å²) in [6.45, 7) is 7.55. The van der Waals surface area contributed by atoms with Gasteiger partial charge in [-0.15, -0.1) is 0 Å². The van der Waals surface area contributed by atoms with Crippen molar-refractivity contribution in [1.29, 1.82) is 0 Å². The molecular weight excluding hydrogens is 421 g/mol. The second-order valence-corrected chi connectivity index (χ2v) is 9.79. The van der Waals surface area contributed by atoms with Crippen LogP contribution in [-0.4, -0.2) is 35.9 Å². The van der Waals surface area contributed by atoms with Crippen LogP contribution in [0.1, 0.15) is 52.1 Å². The van der Waals surface area contributed by atoms with Crippen LogP contribution in [0.4, 0.5) is 10.3 Å². The maximum atomic E-state index is 13.6. The lowest BCUT2D eigenvalue weighted by atomic mass is 9.87. The number of hydrogen-bond acceptors (Lipinski definition) is 5. The summed E-state index contributed by atoms with van der Waals surface area (Å²) in [7, 11) is 0. The van der Waals surface area contributed by atoms with E-state index in [4.69, 9.17) is 4.98 Å². The molecule has 176 valence electrons. The van der Waals surface area contributed by atoms with E-state index in [1.165, 1.54) is 34.1 Å². The normalized spacial score (nSPS) is 19.0. The Morgan fingerprint density at radius 3 is 2.45 bits per heavy atom. The van der Waals surface area contributed by atoms with Gasteiger partial charge >= 0.3 is 5.69 Å². The first-order chi connectivity index (χ1) is 15.6. The molecule has 0 unspecified atom stereocenters. The summed E-state index contributed by atoms with van der Waals surface area (Å²) in [6.07, 6.45) is 6.20. The third-order valence-electron chi connectivity index (χ3n) is 6.27. The van der Waals surface area contributed by atoms with Crippen LogP contribution < -0.4 is 11.0 Å². The Balaban J connectivity index is 1.78. The minimum atomic E-state index is -1.09. The van der Waals surface area contributed by atoms with Gasteiger partial charge in [0, 0.05) is 17.9 Å². The van der Waals surface area contributed by atoms with Gasteiger partial charge in [0.1, 0.15) is 5.82 Å². The lowest BCUT2D eigenvalue weighted by Crippen LogP contribution is -2.33. The molecule has 8 heteroatoms. The second-order valence-electron chi connectivity index (χ2n) is 9.79. The first-order valence-electron chi connectivity index (χ1n) is 11.5. The molecule has 0 atom stereocenters. The average Bonchev–Trinajstić information content (AvgIpc) is 3.00. The maximum Gasteiger partial charge on any atom is 0.333 e. The maximum absolute atomic E-state index is 13.6. The lowest BCUT2D eigenvalue weighted by molar-refractivity contribution is 0.0598. The number of rotatable bonds is 6. The fourth-order valence-electron chi connectivity index (χ4n) is 4.50. The summed E-state index contributed by atoms with van der Waals surface area (Å²) in [5.41, 5.74) is 0.984. The zero-order valence-corrected chi connectivity index (χ0v) is 19.7. The number of nitrogens with one attached hydrogen (secondary N) is 1. The smallest absolute Gasteiger partial charge is 0.333 e. The van der Waals surface area contributed by atoms with Crippen LogP contribution >= 0.6 is 0 Å². The molecule has 2 aromatic heterocycles. The molecule has 0 saturated heterocycles. The fraction of sp³-hybridized carbons (Fsp3) is 0.480. The van der Waals surface area contributed by atoms with Crippen LogP contribution in [0.25, 0.3) is 17.1 Å². The van der Waals surface area contributed by atoms with Crippen molar-refractivity contribution in [2.24, 2.45) is 5.92 Å². The van der Waals surface area contributed by atoms with Crippen molar-refractivity contribution in [3.05, 3.63) is 58.5 Å². The first kappa shape index (κ1) is 23.2. The molecule has 33 heavy (non-hydrogen) atoms. The highest BCUT2D eigenvalue weighted by atomic mass is 19.1. The molecule has 1 fully saturated rings. The van der Waals surface area contributed by atoms with Gasteiger partial charge < -0.3 is 10.4 Å². The molecule has 0 bridgehead atoms. The number of benzene rings is 1. The largest absolute Gasteiger partial charge is 0.389 e. The Bertz CT molecular complexity index is 1170. The Hall–Kier alpha value is -3.00. The Morgan fingerprint density at radius 2 is 1.82 bits per heavy atom. The standard InChI is InChI=1S/C25H32FN5O2/c1-16-5-9-19(10-6-16)28-23-27-14-13-21(29-23)22-17(2)30(15-25(3,4)33)24(32)31(22)20-11-7-18(26)8-12-20/h7-8,11-14,16,19,33H,5-6,9-10,15H2,1-4H3,(H,27,28,29). The molecule has 7 nitrogen and oxygen atoms in total. The topological polar surface area (TPSA) is 85.0 Å². The molecule has 2 N–H and O–H groups in total. The van der Waals surface area contributed by atoms with Crippen molar-refractivity contribution in [3.63, 3.8) is 0 Å². The number of halogens is 1. The van der Waals surface area contributed by atoms with Gasteiger partial charge in [0.15, 0.2) is 0 Å². The highest BCUT2D eigenvalue weighted by Gasteiger charge is 2.25. The molecule has 1 aliphatic rings. The summed E-state index contributed by atoms with van der Waals surface area (Å²) >= 11 is 0. The van der Waals surface area contributed by atoms with E-state index in [2.05, 4.69) is 17.2 Å². The Morgan fingerprint density at radius 1 is 1.15 bits per heavy atom. The van der Waals surface area contributed by atoms with Crippen molar-refractivity contribution in [1.82, 2.24) is 19.1 Å². The molecule has 0 radical (unpaired) electrons. The minimum Gasteiger partial charge on any atom is -0.389 e. The van der Waals surface area contributed by atoms with E-state index in [-0.39, 0.29) is 18.1 Å². The first-order valence-corrected chi connectivity index (χ1v) is 11.5. The molecule has 2 heterocycles. The summed E-state index contributed by atoms with van der Waals surface area (Å²) in [6, 6.07) is 7.88. The van der Waals surface area contributed by atoms with E-state index in [0.717, 1.165) is 18.8 Å². The van der Waals surface area contributed by atoms with Crippen molar-refractivity contribution >= 4 is 5.95 Å². The van der Waals surface area contributed by atoms with Crippen molar-refractivity contribution in [2.75, 3.05) is 5.32 Å². The third-order valence-corrected chi connectivity index (χ3v) is 6.27. The van der Waals surface area contributed by atoms with Crippen LogP contribution in [0, 0.1) is 18.7 Å². The third kappa shape index (κ3) is 5.16. The van der Waals surface area contributed by atoms with Gasteiger partial charge in [0.05, 0.1) is 29.2 Å². The van der Waals surface area contributed by atoms with E-state index in [9.17, 15) is 14.3 Å². The second kappa shape index (κ2) is 9.09. The number of anilines is 1. The summed E-state index contributed by atoms with van der Waals surface area (Å²) < 4.78 is 16.6. The van der Waals surface area contributed by atoms with Gasteiger partial charge in [-0.1, -0.05) is 6.92 Å². The van der Waals surface area contributed by atoms with E-state index < -0.39 is 5.60 Å². The SMILES string of the molecule is Cc1c(-c2ccnc(NC3CCC(C)CC3)n2)n(-c2ccc(F)cc2)c(=O)n1CC(C)(C)O. The molecule has 0 aliphatic heterocycles. The average molecular weight is 454 g/mol. The van der Waals surface area contributed by atoms with Gasteiger partial charge in [-0.25, -0.2) is 19.2 Å². The molecule has 3 aromatic rings. The van der Waals surface area contributed by atoms with Crippen molar-refractivity contribution in [2.45, 2.75) is 71.6 Å². The molecular formula is C25H32FN5O2. The monoisotopic (exact) mass is 453 g/mol. The van der Waals surface area contributed by atoms with E-state index in [1.807, 2.05) is 6.92 Å². The van der Waals surface area contributed by atoms with Gasteiger partial charge in [-0.2, -0.15) is 0 Å². The van der Waals surface area contributed by atoms with E-state index in [0.29, 0.717) is 34.8 Å². The van der Waals surface area contributed by atoms with Crippen LogP contribution in [-0.2, 0) is 6.54 Å². The number of aliphatic hydroxyl groups is 1. The summed E-state index contributed by atoms with van der Waals surface area (Å²) in [5, 5.41) is 13.8. The van der Waals surface area contributed by atoms with Crippen LogP contribution in [0.5, 0.6) is 0 Å². The highest BCUT2D eigenvalue weighted by molar-refractivity contribution is 5.62. The number of hydrogen-bond donors (Lipinski definition) is 2. The van der Waals surface area contributed by atoms with Gasteiger partial charge in [-0.3, -0.25) is 9.13 Å². The number of aromatic nitrogens is 4. The zero-order chi connectivity index (χ0) is 23.8. The molecule has 1 aliphatic carbocycles. The Labute approximate surface area is 193 Å². The molecule has 4 rings (SSSR count). The zero-order valence-electron chi connectivity index (χ0n) is 19.7. The van der Waals surface area contributed by atoms with E-state index in [1.54, 1.807) is 38.2 Å². The van der Waals surface area contributed by atoms with Gasteiger partial charge in [0.25, 0.3) is 0 Å². The van der Waals surface area contributed by atoms with E-state index >= 15 is 0 Å². The molecule has 1 aromatic carbocycles. The number of imidazole rings is 1. The lowest BCUT2D eigenvalue weighted by Gasteiger charge is -2.26. The predicted molar refractivity (Wildman–Crippen MR) is 127 cm³/mol. The van der Waals surface area contributed by atoms with Gasteiger partial charge in [0.2, 0.25) is 5.95 Å². The molecule has 0 amide bonds. The number of nitrogens with zero attached hydrogens (tertiary/aromatic N) is 4. The fourth-order valence-corrected chi connectivity index (χ4v) is 4.50. The van der Waals surface area contributed by atoms with Crippen LogP contribution in [0.15, 0.2) is 41.3 Å². The van der Waals surface area contributed by atoms with Crippen molar-refractivity contribution < 1.29 is 9.50 Å². The van der Waals surface area contributed by atoms with Crippen LogP contribution in [0.2, 0.25) is 0 Å². The highest BCUT2D eigenvalue weighted by Crippen LogP contribution is 2.28. The molecule has 1 saturated carbocycles. The minimum absolute atomic E-state index is 0.120. The van der Waals surface area contributed by atoms with Gasteiger partial charge in [-0.05, 0) is 82.7 Å². The van der Waals surface area contributed by atoms with Crippen LogP contribution in [0.3, 0.4) is 0 Å². The Kier molecular flexibility index (Phi) is 6.38. The quantitative estimate of drug-likeness (QED) is 0.581.